The van der Waals surface area contributed by atoms with Crippen molar-refractivity contribution in [2.75, 3.05) is 19.8 Å². The summed E-state index contributed by atoms with van der Waals surface area (Å²) in [5.41, 5.74) is 0.977. The number of nitrogens with zero attached hydrogens (tertiary/aromatic N) is 1. The molecule has 17 heavy (non-hydrogen) atoms. The molecular weight excluding hydrogens is 288 g/mol. The van der Waals surface area contributed by atoms with Gasteiger partial charge in [-0.05, 0) is 34.5 Å². The summed E-state index contributed by atoms with van der Waals surface area (Å²) in [4.78, 5) is 10.3. The van der Waals surface area contributed by atoms with Gasteiger partial charge in [0.1, 0.15) is 0 Å². The van der Waals surface area contributed by atoms with Crippen LogP contribution in [0, 0.1) is 10.1 Å². The van der Waals surface area contributed by atoms with Crippen LogP contribution in [0.5, 0.6) is 0 Å². The van der Waals surface area contributed by atoms with Crippen LogP contribution in [-0.4, -0.2) is 24.7 Å². The molecule has 0 radical (unpaired) electrons. The van der Waals surface area contributed by atoms with Crippen LogP contribution in [0.15, 0.2) is 22.7 Å². The van der Waals surface area contributed by atoms with Crippen LogP contribution in [0.3, 0.4) is 0 Å². The molecule has 0 fully saturated rings. The number of halogens is 1. The Labute approximate surface area is 108 Å². The predicted molar refractivity (Wildman–Crippen MR) is 69.0 cm³/mol. The van der Waals surface area contributed by atoms with Gasteiger partial charge < -0.3 is 10.1 Å². The molecule has 0 bridgehead atoms. The Hall–Kier alpha value is -0.980. The molecule has 1 N–H and O–H groups in total. The quantitative estimate of drug-likeness (QED) is 0.477. The molecule has 0 aromatic heterocycles. The molecular formula is C11H15BrN2O3. The fraction of sp³-hybridized carbons (Fsp3) is 0.455. The van der Waals surface area contributed by atoms with Gasteiger partial charge in [-0.3, -0.25) is 10.1 Å². The molecule has 0 aliphatic heterocycles. The number of rotatable bonds is 7. The maximum atomic E-state index is 10.7. The smallest absolute Gasteiger partial charge is 0.283 e. The van der Waals surface area contributed by atoms with Gasteiger partial charge in [0.05, 0.1) is 16.0 Å². The monoisotopic (exact) mass is 302 g/mol. The minimum atomic E-state index is -0.395. The Morgan fingerprint density at radius 1 is 1.53 bits per heavy atom. The highest BCUT2D eigenvalue weighted by Crippen LogP contribution is 2.25. The fourth-order valence-electron chi connectivity index (χ4n) is 1.33. The molecule has 0 saturated carbocycles. The van der Waals surface area contributed by atoms with Gasteiger partial charge in [0.25, 0.3) is 5.69 Å². The zero-order valence-corrected chi connectivity index (χ0v) is 11.2. The first-order valence-corrected chi connectivity index (χ1v) is 6.15. The average molecular weight is 303 g/mol. The van der Waals surface area contributed by atoms with Gasteiger partial charge in [-0.1, -0.05) is 6.07 Å². The standard InChI is InChI=1S/C11H15BrN2O3/c1-2-17-6-5-13-8-9-3-4-10(12)11(7-9)14(15)16/h3-4,7,13H,2,5-6,8H2,1H3. The second-order valence-electron chi connectivity index (χ2n) is 3.42. The van der Waals surface area contributed by atoms with E-state index in [-0.39, 0.29) is 5.69 Å². The van der Waals surface area contributed by atoms with E-state index < -0.39 is 4.92 Å². The second-order valence-corrected chi connectivity index (χ2v) is 4.27. The topological polar surface area (TPSA) is 64.4 Å². The largest absolute Gasteiger partial charge is 0.380 e. The van der Waals surface area contributed by atoms with Crippen LogP contribution in [0.25, 0.3) is 0 Å². The zero-order valence-electron chi connectivity index (χ0n) is 9.61. The third kappa shape index (κ3) is 4.80. The summed E-state index contributed by atoms with van der Waals surface area (Å²) in [6, 6.07) is 5.11. The number of nitro groups is 1. The first-order chi connectivity index (χ1) is 8.15. The van der Waals surface area contributed by atoms with E-state index in [9.17, 15) is 10.1 Å². The van der Waals surface area contributed by atoms with E-state index in [1.165, 1.54) is 0 Å². The lowest BCUT2D eigenvalue weighted by Crippen LogP contribution is -2.19. The number of ether oxygens (including phenoxy) is 1. The van der Waals surface area contributed by atoms with Crippen molar-refractivity contribution >= 4 is 21.6 Å². The van der Waals surface area contributed by atoms with Gasteiger partial charge in [-0.2, -0.15) is 0 Å². The lowest BCUT2D eigenvalue weighted by molar-refractivity contribution is -0.385. The Morgan fingerprint density at radius 2 is 2.29 bits per heavy atom. The normalized spacial score (nSPS) is 10.5. The third-order valence-corrected chi connectivity index (χ3v) is 2.83. The Kier molecular flexibility index (Phi) is 6.10. The Balaban J connectivity index is 2.49. The number of nitro benzene ring substituents is 1. The van der Waals surface area contributed by atoms with Crippen LogP contribution < -0.4 is 5.32 Å². The summed E-state index contributed by atoms with van der Waals surface area (Å²) in [6.07, 6.45) is 0. The van der Waals surface area contributed by atoms with Crippen LogP contribution >= 0.6 is 15.9 Å². The van der Waals surface area contributed by atoms with Gasteiger partial charge in [0.2, 0.25) is 0 Å². The average Bonchev–Trinajstić information content (AvgIpc) is 2.30. The molecule has 0 amide bonds. The van der Waals surface area contributed by atoms with Crippen molar-refractivity contribution in [3.63, 3.8) is 0 Å². The SMILES string of the molecule is CCOCCNCc1ccc(Br)c([N+](=O)[O-])c1. The molecule has 1 aromatic rings. The minimum Gasteiger partial charge on any atom is -0.380 e. The van der Waals surface area contributed by atoms with Gasteiger partial charge in [0, 0.05) is 25.8 Å². The molecule has 0 heterocycles. The van der Waals surface area contributed by atoms with Crippen LogP contribution in [0.2, 0.25) is 0 Å². The molecule has 0 aliphatic carbocycles. The van der Waals surface area contributed by atoms with Crippen LogP contribution in [0.1, 0.15) is 12.5 Å². The molecule has 0 aliphatic rings. The van der Waals surface area contributed by atoms with E-state index in [0.29, 0.717) is 24.2 Å². The van der Waals surface area contributed by atoms with Crippen LogP contribution in [-0.2, 0) is 11.3 Å². The Bertz CT molecular complexity index is 385. The van der Waals surface area contributed by atoms with E-state index in [4.69, 9.17) is 4.74 Å². The van der Waals surface area contributed by atoms with Gasteiger partial charge in [-0.15, -0.1) is 0 Å². The van der Waals surface area contributed by atoms with Crippen molar-refractivity contribution in [2.45, 2.75) is 13.5 Å². The summed E-state index contributed by atoms with van der Waals surface area (Å²) in [5, 5.41) is 13.9. The van der Waals surface area contributed by atoms with E-state index in [1.807, 2.05) is 13.0 Å². The summed E-state index contributed by atoms with van der Waals surface area (Å²) in [7, 11) is 0. The van der Waals surface area contributed by atoms with Gasteiger partial charge in [0.15, 0.2) is 0 Å². The first kappa shape index (κ1) is 14.1. The van der Waals surface area contributed by atoms with Crippen molar-refractivity contribution in [2.24, 2.45) is 0 Å². The van der Waals surface area contributed by atoms with Crippen molar-refractivity contribution < 1.29 is 9.66 Å². The zero-order chi connectivity index (χ0) is 12.7. The maximum absolute atomic E-state index is 10.7. The number of benzene rings is 1. The maximum Gasteiger partial charge on any atom is 0.283 e. The summed E-state index contributed by atoms with van der Waals surface area (Å²) in [5.74, 6) is 0. The highest BCUT2D eigenvalue weighted by Gasteiger charge is 2.11. The molecule has 1 rings (SSSR count). The van der Waals surface area contributed by atoms with E-state index in [0.717, 1.165) is 12.1 Å². The molecule has 1 aromatic carbocycles. The highest BCUT2D eigenvalue weighted by atomic mass is 79.9. The van der Waals surface area contributed by atoms with Crippen molar-refractivity contribution in [1.29, 1.82) is 0 Å². The lowest BCUT2D eigenvalue weighted by Gasteiger charge is -2.05. The van der Waals surface area contributed by atoms with Gasteiger partial charge in [-0.25, -0.2) is 0 Å². The summed E-state index contributed by atoms with van der Waals surface area (Å²) < 4.78 is 5.67. The lowest BCUT2D eigenvalue weighted by atomic mass is 10.2. The van der Waals surface area contributed by atoms with Crippen molar-refractivity contribution in [3.05, 3.63) is 38.3 Å². The second kappa shape index (κ2) is 7.37. The number of nitrogens with one attached hydrogen (secondary N) is 1. The highest BCUT2D eigenvalue weighted by molar-refractivity contribution is 9.10. The van der Waals surface area contributed by atoms with Crippen molar-refractivity contribution in [3.8, 4) is 0 Å². The molecule has 5 nitrogen and oxygen atoms in total. The summed E-state index contributed by atoms with van der Waals surface area (Å²) >= 11 is 3.15. The van der Waals surface area contributed by atoms with Gasteiger partial charge >= 0.3 is 0 Å². The third-order valence-electron chi connectivity index (χ3n) is 2.16. The molecule has 0 saturated heterocycles. The molecule has 0 unspecified atom stereocenters. The van der Waals surface area contributed by atoms with E-state index in [1.54, 1.807) is 12.1 Å². The summed E-state index contributed by atoms with van der Waals surface area (Å²) in [6.45, 7) is 4.62. The molecule has 6 heteroatoms. The molecule has 0 atom stereocenters. The van der Waals surface area contributed by atoms with E-state index in [2.05, 4.69) is 21.2 Å². The minimum absolute atomic E-state index is 0.0918. The fourth-order valence-corrected chi connectivity index (χ4v) is 1.72. The predicted octanol–water partition coefficient (Wildman–Crippen LogP) is 2.48. The van der Waals surface area contributed by atoms with Crippen molar-refractivity contribution in [1.82, 2.24) is 5.32 Å². The first-order valence-electron chi connectivity index (χ1n) is 5.36. The van der Waals surface area contributed by atoms with Crippen LogP contribution in [0.4, 0.5) is 5.69 Å². The van der Waals surface area contributed by atoms with E-state index >= 15 is 0 Å². The number of hydrogen-bond donors (Lipinski definition) is 1. The number of hydrogen-bond acceptors (Lipinski definition) is 4. The molecule has 94 valence electrons. The molecule has 0 spiro atoms. The Morgan fingerprint density at radius 3 is 2.94 bits per heavy atom.